The minimum Gasteiger partial charge on any atom is -0.469 e. The Balaban J connectivity index is 2.16. The van der Waals surface area contributed by atoms with Crippen molar-refractivity contribution in [3.05, 3.63) is 42.1 Å². The maximum Gasteiger partial charge on any atom is 0.305 e. The summed E-state index contributed by atoms with van der Waals surface area (Å²) in [7, 11) is 1.41. The van der Waals surface area contributed by atoms with Gasteiger partial charge < -0.3 is 4.74 Å². The maximum absolute atomic E-state index is 11.0. The predicted octanol–water partition coefficient (Wildman–Crippen LogP) is 2.34. The van der Waals surface area contributed by atoms with Crippen molar-refractivity contribution in [1.29, 1.82) is 0 Å². The zero-order valence-corrected chi connectivity index (χ0v) is 9.14. The number of benzene rings is 1. The van der Waals surface area contributed by atoms with Crippen LogP contribution in [0.5, 0.6) is 0 Å². The molecule has 0 aliphatic rings. The van der Waals surface area contributed by atoms with Crippen molar-refractivity contribution >= 4 is 16.9 Å². The van der Waals surface area contributed by atoms with Crippen LogP contribution in [-0.2, 0) is 16.0 Å². The molecule has 82 valence electrons. The number of carbonyl (C=O) groups is 1. The van der Waals surface area contributed by atoms with Crippen molar-refractivity contribution in [2.24, 2.45) is 0 Å². The highest BCUT2D eigenvalue weighted by Crippen LogP contribution is 2.14. The Morgan fingerprint density at radius 1 is 1.38 bits per heavy atom. The molecule has 1 aromatic heterocycles. The molecule has 2 aromatic rings. The standard InChI is InChI=1S/C13H13NO2/c1-16-13(15)7-5-10-4-6-12-11(9-10)3-2-8-14-12/h2-4,6,8-9H,5,7H2,1H3. The third-order valence-corrected chi connectivity index (χ3v) is 2.51. The van der Waals surface area contributed by atoms with Crippen LogP contribution in [0.3, 0.4) is 0 Å². The van der Waals surface area contributed by atoms with E-state index in [1.165, 1.54) is 7.11 Å². The van der Waals surface area contributed by atoms with Crippen LogP contribution < -0.4 is 0 Å². The Labute approximate surface area is 94.1 Å². The molecular weight excluding hydrogens is 202 g/mol. The second-order valence-corrected chi connectivity index (χ2v) is 3.61. The molecule has 0 radical (unpaired) electrons. The van der Waals surface area contributed by atoms with Gasteiger partial charge in [0.15, 0.2) is 0 Å². The zero-order valence-electron chi connectivity index (χ0n) is 9.14. The fraction of sp³-hybridized carbons (Fsp3) is 0.231. The normalized spacial score (nSPS) is 10.3. The third kappa shape index (κ3) is 2.37. The molecule has 0 aliphatic carbocycles. The van der Waals surface area contributed by atoms with E-state index in [0.29, 0.717) is 12.8 Å². The average Bonchev–Trinajstić information content (AvgIpc) is 2.35. The molecule has 3 heteroatoms. The van der Waals surface area contributed by atoms with Crippen LogP contribution in [0, 0.1) is 0 Å². The first kappa shape index (κ1) is 10.6. The number of rotatable bonds is 3. The molecule has 16 heavy (non-hydrogen) atoms. The molecule has 2 rings (SSSR count). The minimum atomic E-state index is -0.175. The van der Waals surface area contributed by atoms with Crippen LogP contribution in [0.15, 0.2) is 36.5 Å². The Morgan fingerprint density at radius 3 is 3.06 bits per heavy atom. The summed E-state index contributed by atoms with van der Waals surface area (Å²) in [6.07, 6.45) is 2.90. The Kier molecular flexibility index (Phi) is 3.15. The van der Waals surface area contributed by atoms with Gasteiger partial charge in [0.05, 0.1) is 12.6 Å². The van der Waals surface area contributed by atoms with E-state index in [2.05, 4.69) is 15.8 Å². The van der Waals surface area contributed by atoms with Gasteiger partial charge >= 0.3 is 5.97 Å². The lowest BCUT2D eigenvalue weighted by molar-refractivity contribution is -0.140. The predicted molar refractivity (Wildman–Crippen MR) is 62.1 cm³/mol. The van der Waals surface area contributed by atoms with E-state index < -0.39 is 0 Å². The van der Waals surface area contributed by atoms with Crippen molar-refractivity contribution in [2.75, 3.05) is 7.11 Å². The molecular formula is C13H13NO2. The summed E-state index contributed by atoms with van der Waals surface area (Å²) in [5.41, 5.74) is 2.11. The first-order chi connectivity index (χ1) is 7.79. The highest BCUT2D eigenvalue weighted by Gasteiger charge is 2.02. The van der Waals surface area contributed by atoms with Crippen molar-refractivity contribution in [1.82, 2.24) is 4.98 Å². The molecule has 0 amide bonds. The quantitative estimate of drug-likeness (QED) is 0.738. The maximum atomic E-state index is 11.0. The average molecular weight is 215 g/mol. The van der Waals surface area contributed by atoms with Crippen LogP contribution in [-0.4, -0.2) is 18.1 Å². The lowest BCUT2D eigenvalue weighted by Crippen LogP contribution is -2.01. The largest absolute Gasteiger partial charge is 0.469 e. The van der Waals surface area contributed by atoms with E-state index in [0.717, 1.165) is 16.5 Å². The Morgan fingerprint density at radius 2 is 2.25 bits per heavy atom. The highest BCUT2D eigenvalue weighted by molar-refractivity contribution is 5.79. The van der Waals surface area contributed by atoms with Gasteiger partial charge in [-0.2, -0.15) is 0 Å². The highest BCUT2D eigenvalue weighted by atomic mass is 16.5. The van der Waals surface area contributed by atoms with Gasteiger partial charge in [0.25, 0.3) is 0 Å². The van der Waals surface area contributed by atoms with Gasteiger partial charge in [-0.1, -0.05) is 12.1 Å². The molecule has 0 spiro atoms. The Hall–Kier alpha value is -1.90. The zero-order chi connectivity index (χ0) is 11.4. The first-order valence-corrected chi connectivity index (χ1v) is 5.20. The molecule has 0 saturated heterocycles. The summed E-state index contributed by atoms with van der Waals surface area (Å²) in [4.78, 5) is 15.3. The summed E-state index contributed by atoms with van der Waals surface area (Å²) >= 11 is 0. The number of esters is 1. The summed E-state index contributed by atoms with van der Waals surface area (Å²) in [6.45, 7) is 0. The van der Waals surface area contributed by atoms with Gasteiger partial charge in [0.2, 0.25) is 0 Å². The van der Waals surface area contributed by atoms with Gasteiger partial charge in [-0.3, -0.25) is 9.78 Å². The first-order valence-electron chi connectivity index (χ1n) is 5.20. The van der Waals surface area contributed by atoms with Crippen LogP contribution in [0.4, 0.5) is 0 Å². The second kappa shape index (κ2) is 4.75. The van der Waals surface area contributed by atoms with Crippen LogP contribution in [0.2, 0.25) is 0 Å². The molecule has 0 atom stereocenters. The number of pyridine rings is 1. The lowest BCUT2D eigenvalue weighted by Gasteiger charge is -2.02. The van der Waals surface area contributed by atoms with Crippen molar-refractivity contribution in [3.63, 3.8) is 0 Å². The molecule has 0 aliphatic heterocycles. The number of aromatic nitrogens is 1. The van der Waals surface area contributed by atoms with Gasteiger partial charge in [-0.25, -0.2) is 0 Å². The van der Waals surface area contributed by atoms with Gasteiger partial charge in [-0.05, 0) is 30.2 Å². The number of fused-ring (bicyclic) bond motifs is 1. The monoisotopic (exact) mass is 215 g/mol. The fourth-order valence-electron chi connectivity index (χ4n) is 1.63. The van der Waals surface area contributed by atoms with E-state index in [4.69, 9.17) is 0 Å². The summed E-state index contributed by atoms with van der Waals surface area (Å²) in [6, 6.07) is 9.96. The van der Waals surface area contributed by atoms with E-state index in [1.54, 1.807) is 6.20 Å². The number of hydrogen-bond acceptors (Lipinski definition) is 3. The molecule has 1 aromatic carbocycles. The van der Waals surface area contributed by atoms with Crippen LogP contribution in [0.1, 0.15) is 12.0 Å². The van der Waals surface area contributed by atoms with E-state index >= 15 is 0 Å². The van der Waals surface area contributed by atoms with Gasteiger partial charge in [0.1, 0.15) is 0 Å². The van der Waals surface area contributed by atoms with Crippen molar-refractivity contribution in [2.45, 2.75) is 12.8 Å². The molecule has 0 bridgehead atoms. The topological polar surface area (TPSA) is 39.2 Å². The summed E-state index contributed by atoms with van der Waals surface area (Å²) < 4.78 is 4.61. The SMILES string of the molecule is COC(=O)CCc1ccc2ncccc2c1. The number of carbonyl (C=O) groups excluding carboxylic acids is 1. The van der Waals surface area contributed by atoms with E-state index in [-0.39, 0.29) is 5.97 Å². The minimum absolute atomic E-state index is 0.175. The second-order valence-electron chi connectivity index (χ2n) is 3.61. The van der Waals surface area contributed by atoms with Crippen molar-refractivity contribution in [3.8, 4) is 0 Å². The lowest BCUT2D eigenvalue weighted by atomic mass is 10.1. The number of hydrogen-bond donors (Lipinski definition) is 0. The van der Waals surface area contributed by atoms with Crippen LogP contribution in [0.25, 0.3) is 10.9 Å². The van der Waals surface area contributed by atoms with Crippen LogP contribution >= 0.6 is 0 Å². The number of aryl methyl sites for hydroxylation is 1. The summed E-state index contributed by atoms with van der Waals surface area (Å²) in [5.74, 6) is -0.175. The van der Waals surface area contributed by atoms with Gasteiger partial charge in [0, 0.05) is 18.0 Å². The molecule has 0 N–H and O–H groups in total. The smallest absolute Gasteiger partial charge is 0.305 e. The number of nitrogens with zero attached hydrogens (tertiary/aromatic N) is 1. The number of ether oxygens (including phenoxy) is 1. The molecule has 1 heterocycles. The van der Waals surface area contributed by atoms with E-state index in [1.807, 2.05) is 24.3 Å². The van der Waals surface area contributed by atoms with E-state index in [9.17, 15) is 4.79 Å². The Bertz CT molecular complexity index is 508. The summed E-state index contributed by atoms with van der Waals surface area (Å²) in [5, 5.41) is 1.10. The molecule has 0 saturated carbocycles. The fourth-order valence-corrected chi connectivity index (χ4v) is 1.63. The van der Waals surface area contributed by atoms with Crippen molar-refractivity contribution < 1.29 is 9.53 Å². The molecule has 3 nitrogen and oxygen atoms in total. The molecule has 0 unspecified atom stereocenters. The molecule has 0 fully saturated rings. The van der Waals surface area contributed by atoms with Gasteiger partial charge in [-0.15, -0.1) is 0 Å². The number of methoxy groups -OCH3 is 1. The third-order valence-electron chi connectivity index (χ3n) is 2.51.